The first-order valence-corrected chi connectivity index (χ1v) is 22.3. The fraction of sp³-hybridized carbons (Fsp3) is 0.281. The maximum absolute atomic E-state index is 13.7. The summed E-state index contributed by atoms with van der Waals surface area (Å²) >= 11 is 0. The van der Waals surface area contributed by atoms with Crippen molar-refractivity contribution in [3.05, 3.63) is 167 Å². The first-order chi connectivity index (χ1) is 29.5. The lowest BCUT2D eigenvalue weighted by Crippen LogP contribution is -2.25. The molecule has 7 rings (SSSR count). The lowest BCUT2D eigenvalue weighted by molar-refractivity contribution is 0.103. The van der Waals surface area contributed by atoms with Crippen molar-refractivity contribution < 1.29 is 4.79 Å². The Morgan fingerprint density at radius 2 is 0.750 bits per heavy atom. The molecule has 0 bridgehead atoms. The Balaban J connectivity index is 1.25. The van der Waals surface area contributed by atoms with Gasteiger partial charge in [0.1, 0.15) is 0 Å². The summed E-state index contributed by atoms with van der Waals surface area (Å²) in [5.41, 5.74) is 7.80. The van der Waals surface area contributed by atoms with Crippen molar-refractivity contribution in [3.63, 3.8) is 0 Å². The highest BCUT2D eigenvalue weighted by Crippen LogP contribution is 2.37. The summed E-state index contributed by atoms with van der Waals surface area (Å²) in [5, 5.41) is 6.59. The molecule has 302 valence electrons. The van der Waals surface area contributed by atoms with Crippen LogP contribution in [0, 0.1) is 23.7 Å². The molecule has 7 aromatic carbocycles. The summed E-state index contributed by atoms with van der Waals surface area (Å²) in [6.07, 6.45) is 9.56. The van der Waals surface area contributed by atoms with Crippen LogP contribution in [-0.4, -0.2) is 32.0 Å². The van der Waals surface area contributed by atoms with E-state index in [9.17, 15) is 4.79 Å². The summed E-state index contributed by atoms with van der Waals surface area (Å²) in [5.74, 6) is 13.8. The van der Waals surface area contributed by atoms with Gasteiger partial charge in [0.15, 0.2) is 5.78 Å². The highest BCUT2D eigenvalue weighted by atomic mass is 16.1. The second-order valence-corrected chi connectivity index (χ2v) is 16.0. The van der Waals surface area contributed by atoms with Crippen molar-refractivity contribution in [3.8, 4) is 23.7 Å². The average Bonchev–Trinajstić information content (AvgIpc) is 3.30. The number of ketones is 1. The predicted molar refractivity (Wildman–Crippen MR) is 258 cm³/mol. The lowest BCUT2D eigenvalue weighted by Gasteiger charge is -2.24. The number of hydrogen-bond donors (Lipinski definition) is 0. The summed E-state index contributed by atoms with van der Waals surface area (Å²) < 4.78 is 0. The summed E-state index contributed by atoms with van der Waals surface area (Å²) in [6, 6.07) is 46.1. The van der Waals surface area contributed by atoms with E-state index in [1.165, 1.54) is 62.7 Å². The number of fused-ring (bicyclic) bond motifs is 6. The Bertz CT molecular complexity index is 2540. The molecule has 0 aliphatic heterocycles. The molecule has 0 N–H and O–H groups in total. The first-order valence-electron chi connectivity index (χ1n) is 22.3. The number of hydrogen-bond acceptors (Lipinski definition) is 3. The Morgan fingerprint density at radius 1 is 0.383 bits per heavy atom. The quantitative estimate of drug-likeness (QED) is 0.0554. The van der Waals surface area contributed by atoms with Crippen molar-refractivity contribution in [1.29, 1.82) is 0 Å². The number of anilines is 2. The Labute approximate surface area is 358 Å². The van der Waals surface area contributed by atoms with E-state index in [0.717, 1.165) is 80.8 Å². The number of nitrogens with zero attached hydrogens (tertiary/aromatic N) is 2. The van der Waals surface area contributed by atoms with E-state index >= 15 is 0 Å². The summed E-state index contributed by atoms with van der Waals surface area (Å²) in [7, 11) is 0. The molecule has 0 fully saturated rings. The van der Waals surface area contributed by atoms with E-state index in [4.69, 9.17) is 0 Å². The monoisotopic (exact) mass is 786 g/mol. The van der Waals surface area contributed by atoms with E-state index in [0.29, 0.717) is 11.1 Å². The van der Waals surface area contributed by atoms with Gasteiger partial charge in [-0.3, -0.25) is 4.79 Å². The van der Waals surface area contributed by atoms with Gasteiger partial charge in [0.25, 0.3) is 0 Å². The Morgan fingerprint density at radius 3 is 1.17 bits per heavy atom. The van der Waals surface area contributed by atoms with E-state index in [2.05, 4.69) is 158 Å². The number of rotatable bonds is 16. The maximum Gasteiger partial charge on any atom is 0.193 e. The molecule has 0 heterocycles. The van der Waals surface area contributed by atoms with Crippen molar-refractivity contribution in [2.45, 2.75) is 79.1 Å². The zero-order valence-electron chi connectivity index (χ0n) is 36.0. The molecule has 7 aromatic rings. The molecule has 0 aliphatic carbocycles. The van der Waals surface area contributed by atoms with Crippen molar-refractivity contribution in [1.82, 2.24) is 0 Å². The number of carbonyl (C=O) groups excluding carboxylic acids is 1. The lowest BCUT2D eigenvalue weighted by atomic mass is 9.90. The SMILES string of the molecule is CCCCN(CCCC)c1ccc(C#Cc2ccc3c(c2)c2ccc(C#Cc4ccc(N(CCCC)CCCC)cc4)cc2c2ccc(C(=O)c4ccccc4)cc32)cc1. The molecule has 3 heteroatoms. The topological polar surface area (TPSA) is 23.6 Å². The third-order valence-electron chi connectivity index (χ3n) is 11.5. The van der Waals surface area contributed by atoms with E-state index in [1.54, 1.807) is 0 Å². The minimum absolute atomic E-state index is 0.0163. The van der Waals surface area contributed by atoms with Gasteiger partial charge in [0, 0.05) is 70.9 Å². The van der Waals surface area contributed by atoms with Gasteiger partial charge in [-0.15, -0.1) is 0 Å². The van der Waals surface area contributed by atoms with Crippen molar-refractivity contribution >= 4 is 49.5 Å². The van der Waals surface area contributed by atoms with E-state index < -0.39 is 0 Å². The molecular weight excluding hydrogens is 729 g/mol. The fourth-order valence-electron chi connectivity index (χ4n) is 7.99. The normalized spacial score (nSPS) is 10.9. The van der Waals surface area contributed by atoms with Crippen LogP contribution in [0.5, 0.6) is 0 Å². The standard InChI is InChI=1S/C57H58N2O/c1-5-9-36-58(37-10-6-2)49-29-22-43(23-30-49)18-20-45-26-33-51-54-40-46(21-19-44-24-31-50(32-25-44)59(38-11-7-3)39-12-8-4)27-34-52(54)56-42-48(28-35-53(56)55(51)41-45)57(60)47-16-14-13-15-17-47/h13-17,22-35,40-42H,5-12,36-39H2,1-4H3. The molecule has 0 atom stereocenters. The maximum atomic E-state index is 13.7. The number of benzene rings is 7. The molecule has 3 nitrogen and oxygen atoms in total. The van der Waals surface area contributed by atoms with Crippen molar-refractivity contribution in [2.24, 2.45) is 0 Å². The number of unbranched alkanes of at least 4 members (excludes halogenated alkanes) is 4. The predicted octanol–water partition coefficient (Wildman–Crippen LogP) is 14.0. The van der Waals surface area contributed by atoms with Crippen LogP contribution in [-0.2, 0) is 0 Å². The van der Waals surface area contributed by atoms with Crippen LogP contribution in [0.4, 0.5) is 11.4 Å². The third-order valence-corrected chi connectivity index (χ3v) is 11.5. The Hall–Kier alpha value is -6.29. The molecule has 0 unspecified atom stereocenters. The molecule has 0 amide bonds. The largest absolute Gasteiger partial charge is 0.372 e. The van der Waals surface area contributed by atoms with Gasteiger partial charge in [0.2, 0.25) is 0 Å². The average molecular weight is 787 g/mol. The number of carbonyl (C=O) groups is 1. The van der Waals surface area contributed by atoms with Crippen molar-refractivity contribution in [2.75, 3.05) is 36.0 Å². The summed E-state index contributed by atoms with van der Waals surface area (Å²) in [4.78, 5) is 18.7. The van der Waals surface area contributed by atoms with Crippen LogP contribution in [0.3, 0.4) is 0 Å². The van der Waals surface area contributed by atoms with Crippen LogP contribution in [0.2, 0.25) is 0 Å². The molecule has 0 saturated carbocycles. The van der Waals surface area contributed by atoms with Gasteiger partial charge in [0.05, 0.1) is 0 Å². The van der Waals surface area contributed by atoms with Crippen LogP contribution >= 0.6 is 0 Å². The van der Waals surface area contributed by atoms with Crippen LogP contribution in [0.25, 0.3) is 32.3 Å². The molecule has 0 saturated heterocycles. The van der Waals surface area contributed by atoms with Gasteiger partial charge in [-0.05, 0) is 137 Å². The van der Waals surface area contributed by atoms with Crippen LogP contribution < -0.4 is 9.80 Å². The second-order valence-electron chi connectivity index (χ2n) is 16.0. The Kier molecular flexibility index (Phi) is 14.4. The van der Waals surface area contributed by atoms with Gasteiger partial charge in [-0.25, -0.2) is 0 Å². The van der Waals surface area contributed by atoms with Gasteiger partial charge < -0.3 is 9.80 Å². The van der Waals surface area contributed by atoms with E-state index in [-0.39, 0.29) is 5.78 Å². The minimum Gasteiger partial charge on any atom is -0.372 e. The summed E-state index contributed by atoms with van der Waals surface area (Å²) in [6.45, 7) is 13.4. The highest BCUT2D eigenvalue weighted by Gasteiger charge is 2.15. The molecule has 0 radical (unpaired) electrons. The van der Waals surface area contributed by atoms with Gasteiger partial charge >= 0.3 is 0 Å². The smallest absolute Gasteiger partial charge is 0.193 e. The van der Waals surface area contributed by atoms with E-state index in [1.807, 2.05) is 36.4 Å². The molecular formula is C57H58N2O. The third kappa shape index (κ3) is 10.1. The fourth-order valence-corrected chi connectivity index (χ4v) is 7.99. The second kappa shape index (κ2) is 20.6. The van der Waals surface area contributed by atoms with Crippen LogP contribution in [0.15, 0.2) is 133 Å². The van der Waals surface area contributed by atoms with Gasteiger partial charge in [-0.2, -0.15) is 0 Å². The molecule has 0 aromatic heterocycles. The molecule has 60 heavy (non-hydrogen) atoms. The van der Waals surface area contributed by atoms with Gasteiger partial charge in [-0.1, -0.05) is 132 Å². The van der Waals surface area contributed by atoms with Crippen LogP contribution in [0.1, 0.15) is 117 Å². The highest BCUT2D eigenvalue weighted by molar-refractivity contribution is 6.26. The molecule has 0 spiro atoms. The minimum atomic E-state index is 0.0163. The zero-order chi connectivity index (χ0) is 41.7. The first kappa shape index (κ1) is 41.9. The molecule has 0 aliphatic rings. The zero-order valence-corrected chi connectivity index (χ0v) is 36.0.